The topological polar surface area (TPSA) is 59.5 Å². The molecule has 5 heteroatoms. The Kier molecular flexibility index (Phi) is 1.90. The molecule has 0 unspecified atom stereocenters. The van der Waals surface area contributed by atoms with E-state index in [2.05, 4.69) is 9.83 Å². The number of aromatic hydroxyl groups is 1. The monoisotopic (exact) mass is 201 g/mol. The lowest BCUT2D eigenvalue weighted by molar-refractivity contribution is 0.478. The van der Waals surface area contributed by atoms with E-state index in [4.69, 9.17) is 6.57 Å². The van der Waals surface area contributed by atoms with Gasteiger partial charge in [0.05, 0.1) is 5.52 Å². The molecule has 0 aliphatic carbocycles. The highest BCUT2D eigenvalue weighted by Crippen LogP contribution is 2.22. The Hall–Kier alpha value is -2.35. The third kappa shape index (κ3) is 1.32. The molecule has 74 valence electrons. The van der Waals surface area contributed by atoms with Crippen molar-refractivity contribution in [2.45, 2.75) is 0 Å². The van der Waals surface area contributed by atoms with E-state index < -0.39 is 0 Å². The van der Waals surface area contributed by atoms with Crippen molar-refractivity contribution in [3.8, 4) is 5.75 Å². The number of aryl methyl sites for hydroxylation is 1. The normalized spacial score (nSPS) is 10.1. The number of nitrogens with zero attached hydrogens (tertiary/aromatic N) is 3. The van der Waals surface area contributed by atoms with Gasteiger partial charge in [0.15, 0.2) is 5.75 Å². The molecule has 2 heterocycles. The summed E-state index contributed by atoms with van der Waals surface area (Å²) in [6.45, 7) is 6.80. The highest BCUT2D eigenvalue weighted by Gasteiger charge is 2.10. The Balaban J connectivity index is 2.98. The van der Waals surface area contributed by atoms with Gasteiger partial charge in [-0.2, -0.15) is 0 Å². The van der Waals surface area contributed by atoms with Gasteiger partial charge in [-0.05, 0) is 12.1 Å². The van der Waals surface area contributed by atoms with Crippen molar-refractivity contribution in [3.05, 3.63) is 40.0 Å². The molecular formula is C10H7N3O2. The zero-order valence-corrected chi connectivity index (χ0v) is 7.93. The fourth-order valence-electron chi connectivity index (χ4n) is 1.36. The van der Waals surface area contributed by atoms with Gasteiger partial charge in [0.2, 0.25) is 5.52 Å². The molecule has 15 heavy (non-hydrogen) atoms. The largest absolute Gasteiger partial charge is 0.504 e. The Morgan fingerprint density at radius 3 is 2.93 bits per heavy atom. The van der Waals surface area contributed by atoms with Crippen LogP contribution in [0, 0.1) is 6.57 Å². The van der Waals surface area contributed by atoms with Crippen molar-refractivity contribution in [1.82, 2.24) is 9.55 Å². The third-order valence-corrected chi connectivity index (χ3v) is 2.17. The van der Waals surface area contributed by atoms with Crippen LogP contribution in [-0.4, -0.2) is 14.7 Å². The first-order valence-electron chi connectivity index (χ1n) is 4.20. The molecule has 0 aromatic carbocycles. The minimum Gasteiger partial charge on any atom is -0.504 e. The van der Waals surface area contributed by atoms with Crippen molar-refractivity contribution >= 4 is 16.9 Å². The van der Waals surface area contributed by atoms with Crippen LogP contribution in [0.3, 0.4) is 0 Å². The van der Waals surface area contributed by atoms with E-state index in [0.29, 0.717) is 5.52 Å². The number of rotatable bonds is 0. The summed E-state index contributed by atoms with van der Waals surface area (Å²) in [6.07, 6.45) is 0. The summed E-state index contributed by atoms with van der Waals surface area (Å²) in [6, 6.07) is 4.19. The summed E-state index contributed by atoms with van der Waals surface area (Å²) >= 11 is 0. The number of fused-ring (bicyclic) bond motifs is 1. The van der Waals surface area contributed by atoms with Gasteiger partial charge in [-0.25, -0.2) is 0 Å². The van der Waals surface area contributed by atoms with E-state index in [1.165, 1.54) is 10.6 Å². The second-order valence-corrected chi connectivity index (χ2v) is 3.08. The average molecular weight is 201 g/mol. The van der Waals surface area contributed by atoms with Gasteiger partial charge in [0, 0.05) is 13.1 Å². The zero-order valence-electron chi connectivity index (χ0n) is 7.93. The van der Waals surface area contributed by atoms with Crippen LogP contribution in [0.15, 0.2) is 23.0 Å². The molecule has 0 spiro atoms. The van der Waals surface area contributed by atoms with Crippen molar-refractivity contribution in [3.63, 3.8) is 0 Å². The molecule has 5 nitrogen and oxygen atoms in total. The van der Waals surface area contributed by atoms with Crippen LogP contribution in [-0.2, 0) is 7.05 Å². The van der Waals surface area contributed by atoms with Crippen LogP contribution in [0.5, 0.6) is 5.75 Å². The standard InChI is InChI=1S/C10H7N3O2/c1-11-8-4-3-6-10(12-8)7(14)5-9(15)13(6)2/h3-5,14H,2H3. The molecular weight excluding hydrogens is 194 g/mol. The molecule has 2 aromatic rings. The summed E-state index contributed by atoms with van der Waals surface area (Å²) in [4.78, 5) is 18.4. The number of hydrogen-bond donors (Lipinski definition) is 1. The number of pyridine rings is 2. The molecule has 0 saturated heterocycles. The van der Waals surface area contributed by atoms with E-state index in [-0.39, 0.29) is 22.6 Å². The van der Waals surface area contributed by atoms with Crippen molar-refractivity contribution in [2.75, 3.05) is 0 Å². The summed E-state index contributed by atoms with van der Waals surface area (Å²) in [5.41, 5.74) is 0.468. The zero-order chi connectivity index (χ0) is 11.0. The smallest absolute Gasteiger partial charge is 0.270 e. The Morgan fingerprint density at radius 2 is 2.27 bits per heavy atom. The first-order chi connectivity index (χ1) is 7.13. The molecule has 0 fully saturated rings. The lowest BCUT2D eigenvalue weighted by atomic mass is 10.3. The van der Waals surface area contributed by atoms with Gasteiger partial charge in [-0.15, -0.1) is 4.98 Å². The van der Waals surface area contributed by atoms with Gasteiger partial charge in [-0.3, -0.25) is 4.79 Å². The molecule has 0 atom stereocenters. The highest BCUT2D eigenvalue weighted by atomic mass is 16.3. The molecule has 0 aliphatic rings. The van der Waals surface area contributed by atoms with Crippen LogP contribution in [0.2, 0.25) is 0 Å². The molecule has 0 aliphatic heterocycles. The first-order valence-corrected chi connectivity index (χ1v) is 4.20. The molecule has 0 radical (unpaired) electrons. The van der Waals surface area contributed by atoms with E-state index in [9.17, 15) is 9.90 Å². The molecule has 0 amide bonds. The second-order valence-electron chi connectivity index (χ2n) is 3.08. The predicted molar refractivity (Wildman–Crippen MR) is 54.9 cm³/mol. The molecule has 1 N–H and O–H groups in total. The lowest BCUT2D eigenvalue weighted by Gasteiger charge is -2.02. The summed E-state index contributed by atoms with van der Waals surface area (Å²) in [5.74, 6) is -0.00458. The lowest BCUT2D eigenvalue weighted by Crippen LogP contribution is -2.15. The summed E-state index contributed by atoms with van der Waals surface area (Å²) in [7, 11) is 1.59. The van der Waals surface area contributed by atoms with Crippen LogP contribution in [0.1, 0.15) is 0 Å². The van der Waals surface area contributed by atoms with Gasteiger partial charge in [-0.1, -0.05) is 6.57 Å². The summed E-state index contributed by atoms with van der Waals surface area (Å²) in [5, 5.41) is 9.52. The van der Waals surface area contributed by atoms with Crippen molar-refractivity contribution < 1.29 is 5.11 Å². The fraction of sp³-hybridized carbons (Fsp3) is 0.100. The van der Waals surface area contributed by atoms with Crippen molar-refractivity contribution in [1.29, 1.82) is 0 Å². The van der Waals surface area contributed by atoms with Crippen LogP contribution in [0.4, 0.5) is 5.82 Å². The van der Waals surface area contributed by atoms with Gasteiger partial charge in [0.1, 0.15) is 0 Å². The Labute approximate surface area is 85.1 Å². The molecule has 2 aromatic heterocycles. The van der Waals surface area contributed by atoms with Crippen LogP contribution >= 0.6 is 0 Å². The van der Waals surface area contributed by atoms with Crippen LogP contribution < -0.4 is 5.56 Å². The van der Waals surface area contributed by atoms with E-state index in [1.54, 1.807) is 13.1 Å². The van der Waals surface area contributed by atoms with Gasteiger partial charge < -0.3 is 14.5 Å². The fourth-order valence-corrected chi connectivity index (χ4v) is 1.36. The maximum atomic E-state index is 11.3. The Bertz CT molecular complexity index is 637. The molecule has 0 bridgehead atoms. The van der Waals surface area contributed by atoms with Crippen molar-refractivity contribution in [2.24, 2.45) is 7.05 Å². The predicted octanol–water partition coefficient (Wildman–Crippen LogP) is 1.19. The number of hydrogen-bond acceptors (Lipinski definition) is 3. The van der Waals surface area contributed by atoms with E-state index >= 15 is 0 Å². The minimum absolute atomic E-state index is 0.191. The Morgan fingerprint density at radius 1 is 1.53 bits per heavy atom. The third-order valence-electron chi connectivity index (χ3n) is 2.17. The number of aromatic nitrogens is 2. The second kappa shape index (κ2) is 3.10. The first kappa shape index (κ1) is 9.21. The average Bonchev–Trinajstić information content (AvgIpc) is 2.25. The van der Waals surface area contributed by atoms with Gasteiger partial charge in [0.25, 0.3) is 11.4 Å². The van der Waals surface area contributed by atoms with Gasteiger partial charge >= 0.3 is 0 Å². The maximum Gasteiger partial charge on any atom is 0.270 e. The highest BCUT2D eigenvalue weighted by molar-refractivity contribution is 5.82. The maximum absolute atomic E-state index is 11.3. The summed E-state index contributed by atoms with van der Waals surface area (Å²) < 4.78 is 1.37. The quantitative estimate of drug-likeness (QED) is 0.651. The molecule has 2 rings (SSSR count). The van der Waals surface area contributed by atoms with Crippen LogP contribution in [0.25, 0.3) is 15.9 Å². The molecule has 0 saturated carbocycles. The van der Waals surface area contributed by atoms with E-state index in [0.717, 1.165) is 6.07 Å². The van der Waals surface area contributed by atoms with E-state index in [1.807, 2.05) is 0 Å². The minimum atomic E-state index is -0.308. The SMILES string of the molecule is [C-]#[N+]c1ccc2c(n1)c(O)cc(=O)n2C.